The minimum atomic E-state index is 0.0534. The number of nitrogens with zero attached hydrogens (tertiary/aromatic N) is 2. The summed E-state index contributed by atoms with van der Waals surface area (Å²) in [6, 6.07) is 11.8. The molecule has 0 aliphatic carbocycles. The van der Waals surface area contributed by atoms with Gasteiger partial charge < -0.3 is 0 Å². The quantitative estimate of drug-likeness (QED) is 0.532. The van der Waals surface area contributed by atoms with Crippen LogP contribution in [0.1, 0.15) is 27.2 Å². The van der Waals surface area contributed by atoms with E-state index in [0.29, 0.717) is 10.9 Å². The molecule has 2 aromatic rings. The normalized spacial score (nSPS) is 22.0. The van der Waals surface area contributed by atoms with E-state index in [2.05, 4.69) is 20.8 Å². The van der Waals surface area contributed by atoms with Gasteiger partial charge in [0.2, 0.25) is 0 Å². The lowest BCUT2D eigenvalue weighted by Crippen LogP contribution is -2.50. The van der Waals surface area contributed by atoms with Gasteiger partial charge in [0, 0.05) is 33.5 Å². The van der Waals surface area contributed by atoms with Crippen molar-refractivity contribution in [1.82, 2.24) is 4.90 Å². The number of aliphatic imine (C=N–C) groups is 1. The number of halogens is 1. The molecule has 3 nitrogen and oxygen atoms in total. The predicted molar refractivity (Wildman–Crippen MR) is 122 cm³/mol. The molecule has 27 heavy (non-hydrogen) atoms. The predicted octanol–water partition coefficient (Wildman–Crippen LogP) is 7.06. The van der Waals surface area contributed by atoms with Gasteiger partial charge in [-0.05, 0) is 30.7 Å². The Morgan fingerprint density at radius 3 is 2.63 bits per heavy atom. The first-order chi connectivity index (χ1) is 12.9. The Morgan fingerprint density at radius 1 is 1.30 bits per heavy atom. The summed E-state index contributed by atoms with van der Waals surface area (Å²) >= 11 is 9.28. The monoisotopic (exact) mass is 420 g/mol. The Hall–Kier alpha value is -1.17. The highest BCUT2D eigenvalue weighted by Gasteiger charge is 2.41. The number of carbonyl (C=O) groups excluding carboxylic acids is 1. The van der Waals surface area contributed by atoms with E-state index in [4.69, 9.17) is 16.6 Å². The fourth-order valence-electron chi connectivity index (χ4n) is 3.48. The molecule has 0 radical (unpaired) electrons. The van der Waals surface area contributed by atoms with Gasteiger partial charge in [-0.25, -0.2) is 4.99 Å². The average Bonchev–Trinajstić information content (AvgIpc) is 2.69. The average molecular weight is 421 g/mol. The van der Waals surface area contributed by atoms with Crippen molar-refractivity contribution in [2.75, 3.05) is 18.6 Å². The molecule has 1 unspecified atom stereocenters. The minimum Gasteiger partial charge on any atom is -0.281 e. The summed E-state index contributed by atoms with van der Waals surface area (Å²) in [5.41, 5.74) is 0.974. The van der Waals surface area contributed by atoms with Gasteiger partial charge in [-0.15, -0.1) is 0 Å². The zero-order valence-corrected chi connectivity index (χ0v) is 18.5. The Labute approximate surface area is 174 Å². The van der Waals surface area contributed by atoms with Crippen molar-refractivity contribution in [2.45, 2.75) is 27.2 Å². The highest BCUT2D eigenvalue weighted by Crippen LogP contribution is 2.42. The number of benzene rings is 2. The van der Waals surface area contributed by atoms with Gasteiger partial charge in [-0.3, -0.25) is 9.69 Å². The minimum absolute atomic E-state index is 0.0534. The Morgan fingerprint density at radius 2 is 2.00 bits per heavy atom. The number of hydrogen-bond donors (Lipinski definition) is 0. The summed E-state index contributed by atoms with van der Waals surface area (Å²) in [5, 5.41) is 3.54. The van der Waals surface area contributed by atoms with E-state index in [1.54, 1.807) is 11.8 Å². The number of fused-ring (bicyclic) bond motifs is 1. The lowest BCUT2D eigenvalue weighted by atomic mass is 9.76. The first-order valence-corrected chi connectivity index (χ1v) is 11.7. The van der Waals surface area contributed by atoms with E-state index in [0.717, 1.165) is 40.3 Å². The van der Waals surface area contributed by atoms with E-state index in [1.165, 1.54) is 11.8 Å². The first kappa shape index (κ1) is 20.6. The van der Waals surface area contributed by atoms with E-state index in [9.17, 15) is 4.79 Å². The molecule has 1 heterocycles. The van der Waals surface area contributed by atoms with Crippen LogP contribution in [-0.2, 0) is 0 Å². The van der Waals surface area contributed by atoms with Gasteiger partial charge in [0.05, 0.1) is 5.69 Å². The molecule has 1 fully saturated rings. The Bertz CT molecular complexity index is 884. The molecule has 144 valence electrons. The third-order valence-corrected chi connectivity index (χ3v) is 7.77. The molecular weight excluding hydrogens is 396 g/mol. The molecule has 3 rings (SSSR count). The van der Waals surface area contributed by atoms with Crippen molar-refractivity contribution in [2.24, 2.45) is 16.3 Å². The summed E-state index contributed by atoms with van der Waals surface area (Å²) in [6.45, 7) is 7.44. The molecule has 0 N–H and O–H groups in total. The summed E-state index contributed by atoms with van der Waals surface area (Å²) < 4.78 is 0. The van der Waals surface area contributed by atoms with E-state index < -0.39 is 0 Å². The standard InChI is InChI=1S/C21H25ClN2OS2/c1-5-21(14(2)3)12-24(20(25)26-4)19(27-13-21)23-18-11-10-17(22)15-8-6-7-9-16(15)18/h6-11,14H,5,12-13H2,1-4H3. The molecule has 1 atom stereocenters. The van der Waals surface area contributed by atoms with E-state index >= 15 is 0 Å². The maximum Gasteiger partial charge on any atom is 0.287 e. The molecule has 0 saturated carbocycles. The molecule has 1 amide bonds. The van der Waals surface area contributed by atoms with Gasteiger partial charge in [0.15, 0.2) is 5.17 Å². The topological polar surface area (TPSA) is 32.7 Å². The van der Waals surface area contributed by atoms with Gasteiger partial charge in [-0.2, -0.15) is 0 Å². The van der Waals surface area contributed by atoms with Crippen LogP contribution in [0.25, 0.3) is 10.8 Å². The molecule has 2 aromatic carbocycles. The van der Waals surface area contributed by atoms with Crippen LogP contribution in [0.4, 0.5) is 10.5 Å². The molecule has 1 saturated heterocycles. The molecule has 0 aromatic heterocycles. The lowest BCUT2D eigenvalue weighted by molar-refractivity contribution is 0.166. The lowest BCUT2D eigenvalue weighted by Gasteiger charge is -2.44. The van der Waals surface area contributed by atoms with Crippen molar-refractivity contribution < 1.29 is 4.79 Å². The van der Waals surface area contributed by atoms with Gasteiger partial charge in [0.25, 0.3) is 5.24 Å². The number of carbonyl (C=O) groups is 1. The zero-order chi connectivity index (χ0) is 19.6. The Kier molecular flexibility index (Phi) is 6.44. The number of thioether (sulfide) groups is 2. The third kappa shape index (κ3) is 4.01. The summed E-state index contributed by atoms with van der Waals surface area (Å²) in [5.74, 6) is 1.48. The number of amidine groups is 1. The van der Waals surface area contributed by atoms with Crippen molar-refractivity contribution in [3.63, 3.8) is 0 Å². The van der Waals surface area contributed by atoms with Crippen LogP contribution in [-0.4, -0.2) is 33.9 Å². The van der Waals surface area contributed by atoms with Gasteiger partial charge in [-0.1, -0.05) is 80.2 Å². The van der Waals surface area contributed by atoms with Crippen molar-refractivity contribution >= 4 is 62.0 Å². The van der Waals surface area contributed by atoms with E-state index in [1.807, 2.05) is 47.6 Å². The van der Waals surface area contributed by atoms with Gasteiger partial charge in [0.1, 0.15) is 0 Å². The van der Waals surface area contributed by atoms with Crippen LogP contribution in [0.3, 0.4) is 0 Å². The second-order valence-electron chi connectivity index (χ2n) is 7.22. The van der Waals surface area contributed by atoms with Crippen LogP contribution in [0.15, 0.2) is 41.4 Å². The molecule has 6 heteroatoms. The second-order valence-corrected chi connectivity index (χ2v) is 9.33. The summed E-state index contributed by atoms with van der Waals surface area (Å²) in [7, 11) is 0. The van der Waals surface area contributed by atoms with Gasteiger partial charge >= 0.3 is 0 Å². The largest absolute Gasteiger partial charge is 0.287 e. The highest BCUT2D eigenvalue weighted by molar-refractivity contribution is 8.15. The second kappa shape index (κ2) is 8.46. The fourth-order valence-corrected chi connectivity index (χ4v) is 5.65. The van der Waals surface area contributed by atoms with Crippen LogP contribution < -0.4 is 0 Å². The van der Waals surface area contributed by atoms with Crippen LogP contribution in [0.5, 0.6) is 0 Å². The van der Waals surface area contributed by atoms with Crippen LogP contribution in [0.2, 0.25) is 5.02 Å². The van der Waals surface area contributed by atoms with Crippen LogP contribution in [0, 0.1) is 11.3 Å². The molecular formula is C21H25ClN2OS2. The molecule has 1 aliphatic heterocycles. The van der Waals surface area contributed by atoms with Crippen molar-refractivity contribution in [3.8, 4) is 0 Å². The van der Waals surface area contributed by atoms with Crippen LogP contribution >= 0.6 is 35.1 Å². The SMILES string of the molecule is CCC1(C(C)C)CSC(=Nc2ccc(Cl)c3ccccc23)N(C(=O)SC)C1. The fraction of sp³-hybridized carbons (Fsp3) is 0.429. The molecule has 0 bridgehead atoms. The molecule has 1 aliphatic rings. The van der Waals surface area contributed by atoms with E-state index in [-0.39, 0.29) is 10.7 Å². The third-order valence-electron chi connectivity index (χ3n) is 5.58. The number of amides is 1. The first-order valence-electron chi connectivity index (χ1n) is 9.16. The highest BCUT2D eigenvalue weighted by atomic mass is 35.5. The maximum absolute atomic E-state index is 12.7. The summed E-state index contributed by atoms with van der Waals surface area (Å²) in [6.07, 6.45) is 2.88. The zero-order valence-electron chi connectivity index (χ0n) is 16.2. The smallest absolute Gasteiger partial charge is 0.281 e. The Balaban J connectivity index is 2.05. The number of rotatable bonds is 3. The maximum atomic E-state index is 12.7. The molecule has 0 spiro atoms. The van der Waals surface area contributed by atoms with Crippen molar-refractivity contribution in [1.29, 1.82) is 0 Å². The van der Waals surface area contributed by atoms with Crippen molar-refractivity contribution in [3.05, 3.63) is 41.4 Å². The number of hydrogen-bond acceptors (Lipinski definition) is 4. The summed E-state index contributed by atoms with van der Waals surface area (Å²) in [4.78, 5) is 19.5.